The standard InChI is InChI=1S/C14H16BrN3O/c1-10-4-3-5-12(13(10)15)14(19)16-8-6-11-7-9-17-18(11)2/h3-5,7,9H,6,8H2,1-2H3,(H,16,19). The maximum absolute atomic E-state index is 12.1. The highest BCUT2D eigenvalue weighted by Gasteiger charge is 2.10. The zero-order valence-corrected chi connectivity index (χ0v) is 12.6. The smallest absolute Gasteiger partial charge is 0.252 e. The first-order valence-corrected chi connectivity index (χ1v) is 6.89. The third-order valence-corrected chi connectivity index (χ3v) is 4.08. The third kappa shape index (κ3) is 3.23. The number of amides is 1. The van der Waals surface area contributed by atoms with Gasteiger partial charge < -0.3 is 5.32 Å². The lowest BCUT2D eigenvalue weighted by Gasteiger charge is -2.08. The van der Waals surface area contributed by atoms with Crippen molar-refractivity contribution in [1.29, 1.82) is 0 Å². The molecule has 1 aromatic carbocycles. The molecule has 4 nitrogen and oxygen atoms in total. The summed E-state index contributed by atoms with van der Waals surface area (Å²) < 4.78 is 2.67. The van der Waals surface area contributed by atoms with Crippen molar-refractivity contribution in [2.45, 2.75) is 13.3 Å². The summed E-state index contributed by atoms with van der Waals surface area (Å²) in [5.74, 6) is -0.0576. The Kier molecular flexibility index (Phi) is 4.37. The van der Waals surface area contributed by atoms with Crippen LogP contribution in [0.1, 0.15) is 21.6 Å². The molecule has 0 aliphatic carbocycles. The van der Waals surface area contributed by atoms with Crippen LogP contribution in [0.5, 0.6) is 0 Å². The largest absolute Gasteiger partial charge is 0.352 e. The predicted molar refractivity (Wildman–Crippen MR) is 78.1 cm³/mol. The molecule has 0 unspecified atom stereocenters. The number of nitrogens with one attached hydrogen (secondary N) is 1. The van der Waals surface area contributed by atoms with Crippen molar-refractivity contribution in [2.24, 2.45) is 7.05 Å². The van der Waals surface area contributed by atoms with Gasteiger partial charge in [0.1, 0.15) is 0 Å². The van der Waals surface area contributed by atoms with E-state index in [4.69, 9.17) is 0 Å². The van der Waals surface area contributed by atoms with Crippen molar-refractivity contribution in [1.82, 2.24) is 15.1 Å². The summed E-state index contributed by atoms with van der Waals surface area (Å²) in [6.07, 6.45) is 2.53. The molecule has 0 saturated heterocycles. The van der Waals surface area contributed by atoms with Crippen LogP contribution in [0.3, 0.4) is 0 Å². The van der Waals surface area contributed by atoms with Crippen molar-refractivity contribution in [3.05, 3.63) is 51.8 Å². The fraction of sp³-hybridized carbons (Fsp3) is 0.286. The molecule has 0 atom stereocenters. The summed E-state index contributed by atoms with van der Waals surface area (Å²) in [6, 6.07) is 7.62. The van der Waals surface area contributed by atoms with Gasteiger partial charge in [0.15, 0.2) is 0 Å². The van der Waals surface area contributed by atoms with Crippen LogP contribution < -0.4 is 5.32 Å². The predicted octanol–water partition coefficient (Wildman–Crippen LogP) is 2.46. The van der Waals surface area contributed by atoms with E-state index in [0.717, 1.165) is 22.2 Å². The van der Waals surface area contributed by atoms with E-state index >= 15 is 0 Å². The summed E-state index contributed by atoms with van der Waals surface area (Å²) in [6.45, 7) is 2.56. The van der Waals surface area contributed by atoms with E-state index in [1.807, 2.05) is 42.9 Å². The maximum atomic E-state index is 12.1. The van der Waals surface area contributed by atoms with Gasteiger partial charge >= 0.3 is 0 Å². The molecule has 0 bridgehead atoms. The number of nitrogens with zero attached hydrogens (tertiary/aromatic N) is 2. The quantitative estimate of drug-likeness (QED) is 0.940. The fourth-order valence-electron chi connectivity index (χ4n) is 1.87. The van der Waals surface area contributed by atoms with Crippen molar-refractivity contribution in [3.8, 4) is 0 Å². The second kappa shape index (κ2) is 6.02. The molecular formula is C14H16BrN3O. The molecule has 0 radical (unpaired) electrons. The van der Waals surface area contributed by atoms with Crippen molar-refractivity contribution in [3.63, 3.8) is 0 Å². The highest BCUT2D eigenvalue weighted by Crippen LogP contribution is 2.20. The van der Waals surface area contributed by atoms with Gasteiger partial charge in [0.25, 0.3) is 5.91 Å². The SMILES string of the molecule is Cc1cccc(C(=O)NCCc2ccnn2C)c1Br. The van der Waals surface area contributed by atoms with Gasteiger partial charge in [0.05, 0.1) is 5.56 Å². The maximum Gasteiger partial charge on any atom is 0.252 e. The summed E-state index contributed by atoms with van der Waals surface area (Å²) in [5, 5.41) is 7.02. The minimum Gasteiger partial charge on any atom is -0.352 e. The topological polar surface area (TPSA) is 46.9 Å². The van der Waals surface area contributed by atoms with Gasteiger partial charge in [-0.1, -0.05) is 12.1 Å². The molecule has 0 aliphatic heterocycles. The Morgan fingerprint density at radius 2 is 2.21 bits per heavy atom. The Bertz CT molecular complexity index is 592. The molecule has 19 heavy (non-hydrogen) atoms. The van der Waals surface area contributed by atoms with Crippen LogP contribution in [0, 0.1) is 6.92 Å². The highest BCUT2D eigenvalue weighted by molar-refractivity contribution is 9.10. The number of carbonyl (C=O) groups is 1. The molecule has 1 aromatic heterocycles. The number of aromatic nitrogens is 2. The number of benzene rings is 1. The molecule has 1 amide bonds. The first-order valence-electron chi connectivity index (χ1n) is 6.10. The van der Waals surface area contributed by atoms with Gasteiger partial charge in [0, 0.05) is 36.4 Å². The molecule has 0 saturated carbocycles. The summed E-state index contributed by atoms with van der Waals surface area (Å²) in [5.41, 5.74) is 2.83. The number of carbonyl (C=O) groups excluding carboxylic acids is 1. The minimum absolute atomic E-state index is 0.0576. The van der Waals surface area contributed by atoms with Crippen LogP contribution in [0.4, 0.5) is 0 Å². The molecule has 0 spiro atoms. The first kappa shape index (κ1) is 13.8. The molecule has 2 rings (SSSR count). The molecule has 1 N–H and O–H groups in total. The molecular weight excluding hydrogens is 306 g/mol. The van der Waals surface area contributed by atoms with Gasteiger partial charge in [-0.25, -0.2) is 0 Å². The van der Waals surface area contributed by atoms with Gasteiger partial charge in [-0.05, 0) is 40.5 Å². The van der Waals surface area contributed by atoms with Crippen LogP contribution in [-0.4, -0.2) is 22.2 Å². The molecule has 1 heterocycles. The van der Waals surface area contributed by atoms with Gasteiger partial charge in [-0.15, -0.1) is 0 Å². The Morgan fingerprint density at radius 3 is 2.89 bits per heavy atom. The second-order valence-electron chi connectivity index (χ2n) is 4.39. The molecule has 0 aliphatic rings. The van der Waals surface area contributed by atoms with Crippen LogP contribution in [0.15, 0.2) is 34.9 Å². The average molecular weight is 322 g/mol. The van der Waals surface area contributed by atoms with E-state index in [1.54, 1.807) is 6.20 Å². The van der Waals surface area contributed by atoms with Crippen LogP contribution in [0.2, 0.25) is 0 Å². The zero-order chi connectivity index (χ0) is 13.8. The van der Waals surface area contributed by atoms with E-state index in [9.17, 15) is 4.79 Å². The number of aryl methyl sites for hydroxylation is 2. The van der Waals surface area contributed by atoms with Crippen LogP contribution >= 0.6 is 15.9 Å². The molecule has 5 heteroatoms. The van der Waals surface area contributed by atoms with E-state index in [2.05, 4.69) is 26.3 Å². The number of hydrogen-bond acceptors (Lipinski definition) is 2. The fourth-order valence-corrected chi connectivity index (χ4v) is 2.31. The van der Waals surface area contributed by atoms with Crippen LogP contribution in [-0.2, 0) is 13.5 Å². The van der Waals surface area contributed by atoms with Crippen LogP contribution in [0.25, 0.3) is 0 Å². The monoisotopic (exact) mass is 321 g/mol. The Morgan fingerprint density at radius 1 is 1.42 bits per heavy atom. The van der Waals surface area contributed by atoms with Gasteiger partial charge in [0.2, 0.25) is 0 Å². The lowest BCUT2D eigenvalue weighted by atomic mass is 10.1. The number of rotatable bonds is 4. The Labute approximate surface area is 120 Å². The summed E-state index contributed by atoms with van der Waals surface area (Å²) in [7, 11) is 1.90. The minimum atomic E-state index is -0.0576. The Hall–Kier alpha value is -1.62. The van der Waals surface area contributed by atoms with E-state index in [1.165, 1.54) is 0 Å². The zero-order valence-electron chi connectivity index (χ0n) is 11.0. The van der Waals surface area contributed by atoms with Gasteiger partial charge in [-0.2, -0.15) is 5.10 Å². The molecule has 100 valence electrons. The average Bonchev–Trinajstić information content (AvgIpc) is 2.78. The normalized spacial score (nSPS) is 10.5. The Balaban J connectivity index is 1.95. The van der Waals surface area contributed by atoms with E-state index in [-0.39, 0.29) is 5.91 Å². The molecule has 2 aromatic rings. The second-order valence-corrected chi connectivity index (χ2v) is 5.18. The third-order valence-electron chi connectivity index (χ3n) is 3.03. The summed E-state index contributed by atoms with van der Waals surface area (Å²) in [4.78, 5) is 12.1. The van der Waals surface area contributed by atoms with Crippen molar-refractivity contribution in [2.75, 3.05) is 6.54 Å². The summed E-state index contributed by atoms with van der Waals surface area (Å²) >= 11 is 3.45. The molecule has 0 fully saturated rings. The van der Waals surface area contributed by atoms with E-state index in [0.29, 0.717) is 12.1 Å². The highest BCUT2D eigenvalue weighted by atomic mass is 79.9. The van der Waals surface area contributed by atoms with E-state index < -0.39 is 0 Å². The number of hydrogen-bond donors (Lipinski definition) is 1. The van der Waals surface area contributed by atoms with Gasteiger partial charge in [-0.3, -0.25) is 9.48 Å². The number of halogens is 1. The van der Waals surface area contributed by atoms with Crippen molar-refractivity contribution >= 4 is 21.8 Å². The lowest BCUT2D eigenvalue weighted by molar-refractivity contribution is 0.0953. The van der Waals surface area contributed by atoms with Crippen molar-refractivity contribution < 1.29 is 4.79 Å². The lowest BCUT2D eigenvalue weighted by Crippen LogP contribution is -2.26. The first-order chi connectivity index (χ1) is 9.09.